The smallest absolute Gasteiger partial charge is 0.0947 e. The van der Waals surface area contributed by atoms with E-state index in [1.165, 1.54) is 40.7 Å². The molecule has 5 aromatic carbocycles. The lowest BCUT2D eigenvalue weighted by molar-refractivity contribution is 0.232. The van der Waals surface area contributed by atoms with Gasteiger partial charge in [-0.25, -0.2) is 0 Å². The van der Waals surface area contributed by atoms with Crippen LogP contribution in [0.3, 0.4) is 0 Å². The van der Waals surface area contributed by atoms with Crippen molar-refractivity contribution in [3.8, 4) is 0 Å². The van der Waals surface area contributed by atoms with Crippen molar-refractivity contribution >= 4 is 0 Å². The van der Waals surface area contributed by atoms with Gasteiger partial charge in [0, 0.05) is 13.1 Å². The van der Waals surface area contributed by atoms with Gasteiger partial charge in [-0.05, 0) is 79.8 Å². The minimum absolute atomic E-state index is 0.401. The zero-order valence-electron chi connectivity index (χ0n) is 26.9. The van der Waals surface area contributed by atoms with Crippen LogP contribution < -0.4 is 5.32 Å². The lowest BCUT2D eigenvalue weighted by Crippen LogP contribution is -2.45. The summed E-state index contributed by atoms with van der Waals surface area (Å²) in [5.41, 5.74) is 6.17. The molecule has 0 radical (unpaired) electrons. The van der Waals surface area contributed by atoms with Crippen LogP contribution in [0.2, 0.25) is 0 Å². The Hall–Kier alpha value is -4.02. The molecule has 0 aromatic heterocycles. The molecule has 0 saturated heterocycles. The SMILES string of the molecule is CCN(CCCCN(Cc1ccccc1)Cc1ccccc1)CCCNC(c1ccccc1)(c1ccccc1)c1ccccc1. The van der Waals surface area contributed by atoms with Gasteiger partial charge in [0.1, 0.15) is 0 Å². The Bertz CT molecular complexity index is 1340. The zero-order chi connectivity index (χ0) is 31.0. The largest absolute Gasteiger partial charge is 0.304 e. The van der Waals surface area contributed by atoms with Crippen LogP contribution in [0.15, 0.2) is 152 Å². The van der Waals surface area contributed by atoms with Crippen LogP contribution in [0.5, 0.6) is 0 Å². The maximum Gasteiger partial charge on any atom is 0.0947 e. The number of hydrogen-bond donors (Lipinski definition) is 1. The number of benzene rings is 5. The number of nitrogens with one attached hydrogen (secondary N) is 1. The molecule has 0 aliphatic heterocycles. The van der Waals surface area contributed by atoms with E-state index >= 15 is 0 Å². The summed E-state index contributed by atoms with van der Waals surface area (Å²) in [6, 6.07) is 54.5. The van der Waals surface area contributed by atoms with Gasteiger partial charge in [0.2, 0.25) is 0 Å². The van der Waals surface area contributed by atoms with E-state index in [1.807, 2.05) is 0 Å². The minimum Gasteiger partial charge on any atom is -0.304 e. The first-order chi connectivity index (χ1) is 22.3. The average Bonchev–Trinajstić information content (AvgIpc) is 3.11. The Labute approximate surface area is 271 Å². The third-order valence-electron chi connectivity index (χ3n) is 8.81. The molecular weight excluding hydrogens is 546 g/mol. The van der Waals surface area contributed by atoms with Gasteiger partial charge >= 0.3 is 0 Å². The van der Waals surface area contributed by atoms with Gasteiger partial charge in [-0.2, -0.15) is 0 Å². The fraction of sp³-hybridized carbons (Fsp3) is 0.286. The monoisotopic (exact) mass is 595 g/mol. The van der Waals surface area contributed by atoms with Crippen molar-refractivity contribution in [3.63, 3.8) is 0 Å². The first-order valence-electron chi connectivity index (χ1n) is 16.7. The molecule has 0 amide bonds. The number of unbranched alkanes of at least 4 members (excludes halogenated alkanes) is 1. The van der Waals surface area contributed by atoms with Crippen LogP contribution in [-0.4, -0.2) is 42.5 Å². The highest BCUT2D eigenvalue weighted by atomic mass is 15.1. The molecule has 1 N–H and O–H groups in total. The molecule has 3 heteroatoms. The second-order valence-electron chi connectivity index (χ2n) is 12.0. The van der Waals surface area contributed by atoms with E-state index in [9.17, 15) is 0 Å². The quantitative estimate of drug-likeness (QED) is 0.0807. The van der Waals surface area contributed by atoms with Crippen LogP contribution >= 0.6 is 0 Å². The van der Waals surface area contributed by atoms with Gasteiger partial charge in [-0.3, -0.25) is 10.2 Å². The molecule has 0 spiro atoms. The van der Waals surface area contributed by atoms with E-state index in [2.05, 4.69) is 174 Å². The van der Waals surface area contributed by atoms with Crippen molar-refractivity contribution in [1.82, 2.24) is 15.1 Å². The molecule has 0 aliphatic rings. The molecule has 45 heavy (non-hydrogen) atoms. The zero-order valence-corrected chi connectivity index (χ0v) is 26.9. The van der Waals surface area contributed by atoms with Gasteiger partial charge < -0.3 is 4.90 Å². The normalized spacial score (nSPS) is 11.7. The van der Waals surface area contributed by atoms with E-state index in [0.717, 1.165) is 52.2 Å². The molecular formula is C42H49N3. The topological polar surface area (TPSA) is 18.5 Å². The molecule has 3 nitrogen and oxygen atoms in total. The Morgan fingerprint density at radius 2 is 0.800 bits per heavy atom. The second-order valence-corrected chi connectivity index (χ2v) is 12.0. The first-order valence-corrected chi connectivity index (χ1v) is 16.7. The van der Waals surface area contributed by atoms with Crippen molar-refractivity contribution < 1.29 is 0 Å². The third kappa shape index (κ3) is 9.25. The Morgan fingerprint density at radius 3 is 1.20 bits per heavy atom. The van der Waals surface area contributed by atoms with Crippen molar-refractivity contribution in [2.45, 2.75) is 44.8 Å². The highest BCUT2D eigenvalue weighted by molar-refractivity contribution is 5.49. The average molecular weight is 596 g/mol. The third-order valence-corrected chi connectivity index (χ3v) is 8.81. The van der Waals surface area contributed by atoms with Gasteiger partial charge in [-0.15, -0.1) is 0 Å². The first kappa shape index (κ1) is 32.4. The lowest BCUT2D eigenvalue weighted by Gasteiger charge is -2.37. The van der Waals surface area contributed by atoms with Crippen molar-refractivity contribution in [2.75, 3.05) is 32.7 Å². The predicted molar refractivity (Wildman–Crippen MR) is 190 cm³/mol. The van der Waals surface area contributed by atoms with Gasteiger partial charge in [0.15, 0.2) is 0 Å². The molecule has 5 aromatic rings. The summed E-state index contributed by atoms with van der Waals surface area (Å²) >= 11 is 0. The van der Waals surface area contributed by atoms with Gasteiger partial charge in [-0.1, -0.05) is 159 Å². The molecule has 0 unspecified atom stereocenters. The predicted octanol–water partition coefficient (Wildman–Crippen LogP) is 8.76. The fourth-order valence-electron chi connectivity index (χ4n) is 6.45. The van der Waals surface area contributed by atoms with Gasteiger partial charge in [0.25, 0.3) is 0 Å². The molecule has 0 bridgehead atoms. The Morgan fingerprint density at radius 1 is 0.444 bits per heavy atom. The summed E-state index contributed by atoms with van der Waals surface area (Å²) in [6.07, 6.45) is 3.51. The fourth-order valence-corrected chi connectivity index (χ4v) is 6.45. The van der Waals surface area contributed by atoms with Crippen LogP contribution in [-0.2, 0) is 18.6 Å². The molecule has 232 valence electrons. The molecule has 0 aliphatic carbocycles. The molecule has 0 fully saturated rings. The van der Waals surface area contributed by atoms with Crippen molar-refractivity contribution in [2.24, 2.45) is 0 Å². The summed E-state index contributed by atoms with van der Waals surface area (Å²) in [5.74, 6) is 0. The van der Waals surface area contributed by atoms with Crippen LogP contribution in [0.25, 0.3) is 0 Å². The highest BCUT2D eigenvalue weighted by Gasteiger charge is 2.35. The molecule has 5 rings (SSSR count). The lowest BCUT2D eigenvalue weighted by atomic mass is 9.77. The van der Waals surface area contributed by atoms with E-state index in [4.69, 9.17) is 0 Å². The maximum atomic E-state index is 4.06. The summed E-state index contributed by atoms with van der Waals surface area (Å²) in [4.78, 5) is 5.22. The second kappa shape index (κ2) is 17.5. The maximum absolute atomic E-state index is 4.06. The summed E-state index contributed by atoms with van der Waals surface area (Å²) in [6.45, 7) is 9.63. The molecule has 0 atom stereocenters. The van der Waals surface area contributed by atoms with E-state index in [0.29, 0.717) is 0 Å². The van der Waals surface area contributed by atoms with E-state index in [1.54, 1.807) is 0 Å². The van der Waals surface area contributed by atoms with Gasteiger partial charge in [0.05, 0.1) is 5.54 Å². The summed E-state index contributed by atoms with van der Waals surface area (Å²) in [7, 11) is 0. The standard InChI is InChI=1S/C42H49N3/c1-2-44(32-18-19-33-45(35-37-21-8-3-9-22-37)36-38-23-10-4-11-24-38)34-20-31-43-42(39-25-12-5-13-26-39,40-27-14-6-15-28-40)41-29-16-7-17-30-41/h3-17,21-30,43H,2,18-20,31-36H2,1H3. The Balaban J connectivity index is 1.17. The van der Waals surface area contributed by atoms with Crippen LogP contribution in [0.4, 0.5) is 0 Å². The summed E-state index contributed by atoms with van der Waals surface area (Å²) < 4.78 is 0. The number of nitrogens with zero attached hydrogens (tertiary/aromatic N) is 2. The van der Waals surface area contributed by atoms with Crippen LogP contribution in [0.1, 0.15) is 54.0 Å². The van der Waals surface area contributed by atoms with Crippen molar-refractivity contribution in [3.05, 3.63) is 179 Å². The van der Waals surface area contributed by atoms with E-state index in [-0.39, 0.29) is 0 Å². The highest BCUT2D eigenvalue weighted by Crippen LogP contribution is 2.36. The van der Waals surface area contributed by atoms with E-state index < -0.39 is 5.54 Å². The number of rotatable bonds is 18. The number of hydrogen-bond acceptors (Lipinski definition) is 3. The molecule has 0 heterocycles. The van der Waals surface area contributed by atoms with Crippen LogP contribution in [0, 0.1) is 0 Å². The van der Waals surface area contributed by atoms with Crippen molar-refractivity contribution in [1.29, 1.82) is 0 Å². The summed E-state index contributed by atoms with van der Waals surface area (Å²) in [5, 5.41) is 4.06. The molecule has 0 saturated carbocycles. The Kier molecular flexibility index (Phi) is 12.6. The minimum atomic E-state index is -0.401.